The van der Waals surface area contributed by atoms with Gasteiger partial charge in [0.25, 0.3) is 0 Å². The minimum absolute atomic E-state index is 0.0273. The van der Waals surface area contributed by atoms with Crippen LogP contribution in [0.5, 0.6) is 0 Å². The van der Waals surface area contributed by atoms with Crippen LogP contribution < -0.4 is 21.3 Å². The third-order valence-corrected chi connectivity index (χ3v) is 4.86. The van der Waals surface area contributed by atoms with E-state index < -0.39 is 11.6 Å². The summed E-state index contributed by atoms with van der Waals surface area (Å²) in [7, 11) is 0. The predicted molar refractivity (Wildman–Crippen MR) is 142 cm³/mol. The van der Waals surface area contributed by atoms with Crippen LogP contribution in [0.4, 0.5) is 43.3 Å². The van der Waals surface area contributed by atoms with Crippen molar-refractivity contribution in [2.75, 3.05) is 21.3 Å². The van der Waals surface area contributed by atoms with Crippen molar-refractivity contribution >= 4 is 69.5 Å². The van der Waals surface area contributed by atoms with E-state index in [0.717, 1.165) is 12.5 Å². The maximum absolute atomic E-state index is 14.2. The molecule has 0 radical (unpaired) electrons. The first-order valence-electron chi connectivity index (χ1n) is 10.7. The maximum Gasteiger partial charge on any atom is 0.229 e. The Morgan fingerprint density at radius 2 is 1.26 bits per heavy atom. The van der Waals surface area contributed by atoms with Crippen molar-refractivity contribution in [1.82, 2.24) is 19.9 Å². The smallest absolute Gasteiger partial charge is 0.229 e. The Balaban J connectivity index is 0.000000375. The number of benzene rings is 2. The molecule has 10 nitrogen and oxygen atoms in total. The standard InChI is InChI=1S/C20H19FN6O2.C4HCl2FN2/c1-12(28)23-14-5-3-7-16(9-14)25-19-18(21)11-22-20(27-19)26-17-8-4-6-15(10-17)24-13(2)29;5-3-2(7)4(6)9-1-8-3/h3-11H,1-2H3,(H,23,28)(H,24,29)(H2,22,25,26,27);1H. The molecule has 0 saturated heterocycles. The normalized spacial score (nSPS) is 10.1. The summed E-state index contributed by atoms with van der Waals surface area (Å²) in [5.74, 6) is -1.66. The molecule has 4 aromatic rings. The van der Waals surface area contributed by atoms with Crippen molar-refractivity contribution in [2.24, 2.45) is 0 Å². The number of hydrogen-bond donors (Lipinski definition) is 4. The Morgan fingerprint density at radius 3 is 1.76 bits per heavy atom. The zero-order chi connectivity index (χ0) is 27.7. The molecular weight excluding hydrogens is 541 g/mol. The second kappa shape index (κ2) is 13.2. The first-order chi connectivity index (χ1) is 18.1. The molecule has 0 aliphatic heterocycles. The Labute approximate surface area is 225 Å². The SMILES string of the molecule is CC(=O)Nc1cccc(Nc2ncc(F)c(Nc3cccc(NC(C)=O)c3)n2)c1.Fc1c(Cl)ncnc1Cl. The van der Waals surface area contributed by atoms with E-state index in [0.29, 0.717) is 22.7 Å². The fraction of sp³-hybridized carbons (Fsp3) is 0.0833. The van der Waals surface area contributed by atoms with Gasteiger partial charge in [-0.25, -0.2) is 23.7 Å². The second-order valence-electron chi connectivity index (χ2n) is 7.43. The zero-order valence-electron chi connectivity index (χ0n) is 19.9. The summed E-state index contributed by atoms with van der Waals surface area (Å²) in [6.45, 7) is 2.82. The molecule has 0 unspecified atom stereocenters. The molecule has 14 heteroatoms. The van der Waals surface area contributed by atoms with Crippen LogP contribution in [-0.2, 0) is 9.59 Å². The molecule has 2 aromatic heterocycles. The van der Waals surface area contributed by atoms with E-state index in [1.807, 2.05) is 0 Å². The molecule has 196 valence electrons. The van der Waals surface area contributed by atoms with Gasteiger partial charge in [0.05, 0.1) is 6.20 Å². The highest BCUT2D eigenvalue weighted by Crippen LogP contribution is 2.23. The lowest BCUT2D eigenvalue weighted by Crippen LogP contribution is -2.07. The number of carbonyl (C=O) groups excluding carboxylic acids is 2. The Kier molecular flexibility index (Phi) is 9.79. The molecule has 38 heavy (non-hydrogen) atoms. The quantitative estimate of drug-likeness (QED) is 0.213. The summed E-state index contributed by atoms with van der Waals surface area (Å²) in [6.07, 6.45) is 2.14. The highest BCUT2D eigenvalue weighted by Gasteiger charge is 2.09. The van der Waals surface area contributed by atoms with Crippen LogP contribution in [0.1, 0.15) is 13.8 Å². The van der Waals surface area contributed by atoms with E-state index in [9.17, 15) is 18.4 Å². The first-order valence-corrected chi connectivity index (χ1v) is 11.5. The summed E-state index contributed by atoms with van der Waals surface area (Å²) in [5.41, 5.74) is 2.36. The number of amides is 2. The van der Waals surface area contributed by atoms with Crippen LogP contribution in [0.15, 0.2) is 61.1 Å². The van der Waals surface area contributed by atoms with Gasteiger partial charge in [0.15, 0.2) is 27.8 Å². The van der Waals surface area contributed by atoms with Gasteiger partial charge in [-0.15, -0.1) is 0 Å². The van der Waals surface area contributed by atoms with Crippen LogP contribution in [0.3, 0.4) is 0 Å². The molecule has 0 saturated carbocycles. The van der Waals surface area contributed by atoms with Gasteiger partial charge in [-0.2, -0.15) is 4.98 Å². The number of anilines is 6. The van der Waals surface area contributed by atoms with E-state index in [4.69, 9.17) is 23.2 Å². The molecule has 0 fully saturated rings. The van der Waals surface area contributed by atoms with Crippen LogP contribution >= 0.6 is 23.2 Å². The van der Waals surface area contributed by atoms with Crippen LogP contribution in [0.25, 0.3) is 0 Å². The van der Waals surface area contributed by atoms with E-state index in [-0.39, 0.29) is 33.9 Å². The average molecular weight is 561 g/mol. The Hall–Kier alpha value is -4.42. The summed E-state index contributed by atoms with van der Waals surface area (Å²) in [5, 5.41) is 10.7. The molecule has 4 rings (SSSR count). The second-order valence-corrected chi connectivity index (χ2v) is 8.15. The number of aromatic nitrogens is 4. The van der Waals surface area contributed by atoms with E-state index >= 15 is 0 Å². The first kappa shape index (κ1) is 28.2. The number of nitrogens with one attached hydrogen (secondary N) is 4. The molecule has 2 aromatic carbocycles. The monoisotopic (exact) mass is 560 g/mol. The molecular formula is C24H20Cl2F2N8O2. The van der Waals surface area contributed by atoms with Crippen molar-refractivity contribution < 1.29 is 18.4 Å². The van der Waals surface area contributed by atoms with Crippen molar-refractivity contribution in [3.63, 3.8) is 0 Å². The maximum atomic E-state index is 14.2. The number of nitrogens with zero attached hydrogens (tertiary/aromatic N) is 4. The number of hydrogen-bond acceptors (Lipinski definition) is 8. The van der Waals surface area contributed by atoms with Crippen LogP contribution in [0.2, 0.25) is 10.3 Å². The molecule has 0 aliphatic rings. The lowest BCUT2D eigenvalue weighted by molar-refractivity contribution is -0.115. The fourth-order valence-electron chi connectivity index (χ4n) is 2.87. The van der Waals surface area contributed by atoms with Crippen molar-refractivity contribution in [3.05, 3.63) is 83.0 Å². The predicted octanol–water partition coefficient (Wildman–Crippen LogP) is 5.94. The lowest BCUT2D eigenvalue weighted by atomic mass is 10.2. The summed E-state index contributed by atoms with van der Waals surface area (Å²) < 4.78 is 26.5. The van der Waals surface area contributed by atoms with Gasteiger partial charge >= 0.3 is 0 Å². The van der Waals surface area contributed by atoms with Gasteiger partial charge < -0.3 is 21.3 Å². The Bertz CT molecular complexity index is 1440. The topological polar surface area (TPSA) is 134 Å². The molecule has 0 atom stereocenters. The van der Waals surface area contributed by atoms with E-state index in [1.54, 1.807) is 48.5 Å². The van der Waals surface area contributed by atoms with Crippen molar-refractivity contribution in [1.29, 1.82) is 0 Å². The highest BCUT2D eigenvalue weighted by atomic mass is 35.5. The average Bonchev–Trinajstić information content (AvgIpc) is 2.85. The minimum atomic E-state index is -0.777. The van der Waals surface area contributed by atoms with Gasteiger partial charge in [0.2, 0.25) is 17.8 Å². The number of carbonyl (C=O) groups is 2. The molecule has 0 bridgehead atoms. The molecule has 4 N–H and O–H groups in total. The Morgan fingerprint density at radius 1 is 0.763 bits per heavy atom. The largest absolute Gasteiger partial charge is 0.338 e. The molecule has 0 spiro atoms. The van der Waals surface area contributed by atoms with Crippen LogP contribution in [0, 0.1) is 11.6 Å². The van der Waals surface area contributed by atoms with Gasteiger partial charge in [-0.1, -0.05) is 35.3 Å². The zero-order valence-corrected chi connectivity index (χ0v) is 21.4. The minimum Gasteiger partial charge on any atom is -0.338 e. The number of rotatable bonds is 6. The van der Waals surface area contributed by atoms with Gasteiger partial charge in [-0.05, 0) is 36.4 Å². The van der Waals surface area contributed by atoms with E-state index in [1.165, 1.54) is 13.8 Å². The van der Waals surface area contributed by atoms with Crippen molar-refractivity contribution in [2.45, 2.75) is 13.8 Å². The van der Waals surface area contributed by atoms with Gasteiger partial charge in [0, 0.05) is 36.6 Å². The summed E-state index contributed by atoms with van der Waals surface area (Å²) in [6, 6.07) is 13.8. The number of halogens is 4. The molecule has 0 aliphatic carbocycles. The van der Waals surface area contributed by atoms with Crippen LogP contribution in [-0.4, -0.2) is 31.8 Å². The third kappa shape index (κ3) is 8.61. The van der Waals surface area contributed by atoms with Gasteiger partial charge in [-0.3, -0.25) is 9.59 Å². The molecule has 2 amide bonds. The third-order valence-electron chi connectivity index (χ3n) is 4.33. The lowest BCUT2D eigenvalue weighted by Gasteiger charge is -2.11. The highest BCUT2D eigenvalue weighted by molar-refractivity contribution is 6.33. The van der Waals surface area contributed by atoms with Gasteiger partial charge in [0.1, 0.15) is 6.33 Å². The van der Waals surface area contributed by atoms with E-state index in [2.05, 4.69) is 41.2 Å². The molecule has 2 heterocycles. The van der Waals surface area contributed by atoms with Crippen molar-refractivity contribution in [3.8, 4) is 0 Å². The summed E-state index contributed by atoms with van der Waals surface area (Å²) in [4.78, 5) is 37.2. The fourth-order valence-corrected chi connectivity index (χ4v) is 3.18. The summed E-state index contributed by atoms with van der Waals surface area (Å²) >= 11 is 10.4.